The number of carbonyl (C=O) groups excluding carboxylic acids is 1. The minimum Gasteiger partial charge on any atom is -0.307 e. The van der Waals surface area contributed by atoms with Gasteiger partial charge in [-0.25, -0.2) is 4.98 Å². The van der Waals surface area contributed by atoms with E-state index in [4.69, 9.17) is 0 Å². The number of anilines is 1. The molecule has 0 aliphatic carbocycles. The maximum absolute atomic E-state index is 12.9. The van der Waals surface area contributed by atoms with Gasteiger partial charge < -0.3 is 10.2 Å². The van der Waals surface area contributed by atoms with E-state index in [9.17, 15) is 4.79 Å². The molecule has 1 saturated heterocycles. The van der Waals surface area contributed by atoms with E-state index < -0.39 is 0 Å². The smallest absolute Gasteiger partial charge is 0.256 e. The maximum Gasteiger partial charge on any atom is 0.256 e. The molecule has 3 aromatic heterocycles. The highest BCUT2D eigenvalue weighted by molar-refractivity contribution is 6.04. The van der Waals surface area contributed by atoms with Gasteiger partial charge in [-0.3, -0.25) is 19.4 Å². The number of piperazine rings is 1. The van der Waals surface area contributed by atoms with E-state index in [-0.39, 0.29) is 5.91 Å². The average Bonchev–Trinajstić information content (AvgIpc) is 3.26. The van der Waals surface area contributed by atoms with E-state index in [1.165, 1.54) is 0 Å². The van der Waals surface area contributed by atoms with Crippen LogP contribution >= 0.6 is 0 Å². The molecule has 0 radical (unpaired) electrons. The van der Waals surface area contributed by atoms with Gasteiger partial charge in [0.05, 0.1) is 11.9 Å². The molecule has 4 aromatic rings. The second-order valence-electron chi connectivity index (χ2n) is 8.60. The van der Waals surface area contributed by atoms with Gasteiger partial charge in [-0.15, -0.1) is 0 Å². The Kier molecular flexibility index (Phi) is 5.85. The van der Waals surface area contributed by atoms with Crippen molar-refractivity contribution in [2.24, 2.45) is 7.05 Å². The number of aryl methyl sites for hydroxylation is 1. The predicted molar refractivity (Wildman–Crippen MR) is 129 cm³/mol. The molecule has 0 unspecified atom stereocenters. The Bertz CT molecular complexity index is 1290. The lowest BCUT2D eigenvalue weighted by Crippen LogP contribution is -2.44. The number of likely N-dealkylation sites (N-methyl/N-ethyl adjacent to an activating group) is 1. The number of hydrogen-bond donors (Lipinski definition) is 1. The fourth-order valence-corrected chi connectivity index (χ4v) is 4.09. The fourth-order valence-electron chi connectivity index (χ4n) is 4.09. The summed E-state index contributed by atoms with van der Waals surface area (Å²) in [5.74, 6) is 0.334. The lowest BCUT2D eigenvalue weighted by molar-refractivity contribution is 0.102. The van der Waals surface area contributed by atoms with Crippen LogP contribution in [0.25, 0.3) is 21.9 Å². The molecule has 4 heterocycles. The number of nitrogens with one attached hydrogen (secondary N) is 1. The third kappa shape index (κ3) is 4.92. The second-order valence-corrected chi connectivity index (χ2v) is 8.60. The summed E-state index contributed by atoms with van der Waals surface area (Å²) in [4.78, 5) is 26.5. The number of benzene rings is 1. The van der Waals surface area contributed by atoms with E-state index in [0.29, 0.717) is 11.4 Å². The molecule has 168 valence electrons. The minimum atomic E-state index is -0.188. The van der Waals surface area contributed by atoms with Crippen molar-refractivity contribution in [3.05, 3.63) is 72.4 Å². The van der Waals surface area contributed by atoms with Crippen molar-refractivity contribution in [2.45, 2.75) is 6.54 Å². The third-order valence-electron chi connectivity index (χ3n) is 6.06. The average molecular weight is 442 g/mol. The van der Waals surface area contributed by atoms with Gasteiger partial charge in [0.15, 0.2) is 0 Å². The first-order valence-electron chi connectivity index (χ1n) is 11.1. The molecule has 1 amide bonds. The number of fused-ring (bicyclic) bond motifs is 1. The molecule has 1 aliphatic rings. The van der Waals surface area contributed by atoms with Crippen LogP contribution in [0, 0.1) is 0 Å². The van der Waals surface area contributed by atoms with E-state index in [1.54, 1.807) is 23.1 Å². The fraction of sp³-hybridized carbons (Fsp3) is 0.280. The Hall–Kier alpha value is -3.62. The summed E-state index contributed by atoms with van der Waals surface area (Å²) in [6, 6.07) is 11.7. The van der Waals surface area contributed by atoms with Crippen LogP contribution in [0.5, 0.6) is 0 Å². The molecular weight excluding hydrogens is 414 g/mol. The number of amides is 1. The molecule has 8 heteroatoms. The van der Waals surface area contributed by atoms with Crippen LogP contribution in [0.4, 0.5) is 5.82 Å². The van der Waals surface area contributed by atoms with Crippen molar-refractivity contribution in [2.75, 3.05) is 38.5 Å². The maximum atomic E-state index is 12.9. The standard InChI is InChI=1S/C25H27N7O/c1-30-7-9-32(10-8-30)17-23-12-19(5-6-26-23)25(33)29-24-13-21-11-18(3-4-20(21)14-27-24)22-15-28-31(2)16-22/h3-6,11-16H,7-10,17H2,1-2H3,(H,27,29,33). The first-order chi connectivity index (χ1) is 16.0. The van der Waals surface area contributed by atoms with Crippen LogP contribution in [0.1, 0.15) is 16.1 Å². The first-order valence-corrected chi connectivity index (χ1v) is 11.1. The lowest BCUT2D eigenvalue weighted by Gasteiger charge is -2.32. The monoisotopic (exact) mass is 441 g/mol. The summed E-state index contributed by atoms with van der Waals surface area (Å²) in [7, 11) is 4.04. The van der Waals surface area contributed by atoms with Crippen LogP contribution in [0.15, 0.2) is 61.2 Å². The number of hydrogen-bond acceptors (Lipinski definition) is 6. The van der Waals surface area contributed by atoms with Gasteiger partial charge in [-0.2, -0.15) is 5.10 Å². The Morgan fingerprint density at radius 2 is 1.79 bits per heavy atom. The van der Waals surface area contributed by atoms with Crippen LogP contribution in [-0.2, 0) is 13.6 Å². The van der Waals surface area contributed by atoms with Gasteiger partial charge in [-0.05, 0) is 42.3 Å². The number of carbonyl (C=O) groups is 1. The molecule has 5 rings (SSSR count). The molecule has 1 N–H and O–H groups in total. The van der Waals surface area contributed by atoms with Gasteiger partial charge >= 0.3 is 0 Å². The van der Waals surface area contributed by atoms with Crippen LogP contribution in [0.2, 0.25) is 0 Å². The zero-order valence-electron chi connectivity index (χ0n) is 18.9. The predicted octanol–water partition coefficient (Wildman–Crippen LogP) is 3.03. The van der Waals surface area contributed by atoms with Gasteiger partial charge in [0, 0.05) is 74.9 Å². The lowest BCUT2D eigenvalue weighted by atomic mass is 10.1. The van der Waals surface area contributed by atoms with Crippen LogP contribution in [0.3, 0.4) is 0 Å². The zero-order valence-corrected chi connectivity index (χ0v) is 18.9. The van der Waals surface area contributed by atoms with Crippen molar-refractivity contribution in [3.63, 3.8) is 0 Å². The normalized spacial score (nSPS) is 15.1. The van der Waals surface area contributed by atoms with Crippen LogP contribution in [-0.4, -0.2) is 68.7 Å². The van der Waals surface area contributed by atoms with Crippen molar-refractivity contribution in [3.8, 4) is 11.1 Å². The second kappa shape index (κ2) is 9.09. The van der Waals surface area contributed by atoms with Crippen LogP contribution < -0.4 is 5.32 Å². The number of rotatable bonds is 5. The molecule has 0 atom stereocenters. The highest BCUT2D eigenvalue weighted by atomic mass is 16.1. The zero-order chi connectivity index (χ0) is 22.8. The van der Waals surface area contributed by atoms with Crippen molar-refractivity contribution < 1.29 is 4.79 Å². The first kappa shape index (κ1) is 21.2. The summed E-state index contributed by atoms with van der Waals surface area (Å²) in [5.41, 5.74) is 3.60. The summed E-state index contributed by atoms with van der Waals surface area (Å²) in [6.07, 6.45) is 7.31. The summed E-state index contributed by atoms with van der Waals surface area (Å²) < 4.78 is 1.78. The SMILES string of the molecule is CN1CCN(Cc2cc(C(=O)Nc3cc4cc(-c5cnn(C)c5)ccc4cn3)ccn2)CC1. The third-order valence-corrected chi connectivity index (χ3v) is 6.06. The van der Waals surface area contributed by atoms with E-state index in [1.807, 2.05) is 37.6 Å². The van der Waals surface area contributed by atoms with Crippen molar-refractivity contribution in [1.82, 2.24) is 29.5 Å². The molecule has 8 nitrogen and oxygen atoms in total. The molecular formula is C25H27N7O. The van der Waals surface area contributed by atoms with Gasteiger partial charge in [0.1, 0.15) is 5.82 Å². The van der Waals surface area contributed by atoms with Gasteiger partial charge in [0.25, 0.3) is 5.91 Å². The highest BCUT2D eigenvalue weighted by Crippen LogP contribution is 2.25. The Morgan fingerprint density at radius 1 is 0.939 bits per heavy atom. The largest absolute Gasteiger partial charge is 0.307 e. The van der Waals surface area contributed by atoms with E-state index in [0.717, 1.165) is 60.3 Å². The minimum absolute atomic E-state index is 0.188. The van der Waals surface area contributed by atoms with Crippen molar-refractivity contribution in [1.29, 1.82) is 0 Å². The molecule has 0 saturated carbocycles. The number of aromatic nitrogens is 4. The summed E-state index contributed by atoms with van der Waals surface area (Å²) in [5, 5.41) is 9.20. The summed E-state index contributed by atoms with van der Waals surface area (Å²) in [6.45, 7) is 4.88. The molecule has 33 heavy (non-hydrogen) atoms. The molecule has 0 spiro atoms. The quantitative estimate of drug-likeness (QED) is 0.513. The van der Waals surface area contributed by atoms with Gasteiger partial charge in [-0.1, -0.05) is 12.1 Å². The highest BCUT2D eigenvalue weighted by Gasteiger charge is 2.15. The Morgan fingerprint density at radius 3 is 2.58 bits per heavy atom. The van der Waals surface area contributed by atoms with E-state index in [2.05, 4.69) is 49.4 Å². The van der Waals surface area contributed by atoms with Gasteiger partial charge in [0.2, 0.25) is 0 Å². The van der Waals surface area contributed by atoms with Crippen molar-refractivity contribution >= 4 is 22.5 Å². The Labute approximate surface area is 192 Å². The molecule has 0 bridgehead atoms. The Balaban J connectivity index is 1.31. The number of pyridine rings is 2. The summed E-state index contributed by atoms with van der Waals surface area (Å²) >= 11 is 0. The van der Waals surface area contributed by atoms with E-state index >= 15 is 0 Å². The molecule has 1 aromatic carbocycles. The molecule has 1 fully saturated rings. The number of nitrogens with zero attached hydrogens (tertiary/aromatic N) is 6. The topological polar surface area (TPSA) is 79.2 Å². The molecule has 1 aliphatic heterocycles.